The molecule has 0 saturated heterocycles. The maximum Gasteiger partial charge on any atom is 0.0696 e. The third-order valence-corrected chi connectivity index (χ3v) is 1.60. The van der Waals surface area contributed by atoms with Crippen molar-refractivity contribution < 1.29 is 7.85 Å². The number of halogens is 2. The highest BCUT2D eigenvalue weighted by molar-refractivity contribution is 6.35. The van der Waals surface area contributed by atoms with Crippen LogP contribution < -0.4 is 0 Å². The van der Waals surface area contributed by atoms with E-state index in [1.165, 1.54) is 18.2 Å². The van der Waals surface area contributed by atoms with Gasteiger partial charge in [-0.2, -0.15) is 0 Å². The first-order valence-electron chi connectivity index (χ1n) is 3.59. The van der Waals surface area contributed by atoms with E-state index in [0.29, 0.717) is 5.02 Å². The van der Waals surface area contributed by atoms with Gasteiger partial charge in [0, 0.05) is 10.0 Å². The predicted octanol–water partition coefficient (Wildman–Crippen LogP) is 2.49. The van der Waals surface area contributed by atoms with Crippen LogP contribution in [0.2, 0.25) is 10.0 Å². The lowest BCUT2D eigenvalue weighted by molar-refractivity contribution is 0.282. The molecule has 0 aliphatic rings. The summed E-state index contributed by atoms with van der Waals surface area (Å²) in [6, 6.07) is 4.20. The molecule has 3 heteroatoms. The fourth-order valence-corrected chi connectivity index (χ4v) is 1.03. The molecule has 0 spiro atoms. The average molecular weight is 179 g/mol. The molecule has 0 radical (unpaired) electrons. The van der Waals surface area contributed by atoms with Gasteiger partial charge in [0.15, 0.2) is 0 Å². The smallest absolute Gasteiger partial charge is 0.0696 e. The Bertz CT molecular complexity index is 296. The highest BCUT2D eigenvalue weighted by Crippen LogP contribution is 2.20. The van der Waals surface area contributed by atoms with Crippen LogP contribution in [0, 0.1) is 0 Å². The monoisotopic (exact) mass is 178 g/mol. The van der Waals surface area contributed by atoms with Crippen LogP contribution in [0.4, 0.5) is 0 Å². The maximum absolute atomic E-state index is 8.97. The van der Waals surface area contributed by atoms with Gasteiger partial charge in [-0.1, -0.05) is 29.3 Å². The summed E-state index contributed by atoms with van der Waals surface area (Å²) in [5.41, 5.74) is 0.0218. The van der Waals surface area contributed by atoms with Gasteiger partial charge in [-0.25, -0.2) is 0 Å². The summed E-state index contributed by atoms with van der Waals surface area (Å²) >= 11 is 11.2. The molecule has 0 atom stereocenters. The Labute approximate surface area is 72.0 Å². The van der Waals surface area contributed by atoms with Crippen LogP contribution in [0.25, 0.3) is 0 Å². The molecule has 0 aromatic heterocycles. The van der Waals surface area contributed by atoms with Gasteiger partial charge in [0.1, 0.15) is 0 Å². The van der Waals surface area contributed by atoms with Crippen LogP contribution in [0.1, 0.15) is 8.30 Å². The van der Waals surface area contributed by atoms with E-state index in [1.807, 2.05) is 0 Å². The lowest BCUT2D eigenvalue weighted by Gasteiger charge is -1.98. The van der Waals surface area contributed by atoms with Crippen LogP contribution in [0.15, 0.2) is 18.2 Å². The zero-order valence-corrected chi connectivity index (χ0v) is 6.45. The quantitative estimate of drug-likeness (QED) is 0.701. The van der Waals surface area contributed by atoms with Gasteiger partial charge in [-0.3, -0.25) is 0 Å². The van der Waals surface area contributed by atoms with Crippen LogP contribution in [0.5, 0.6) is 0 Å². The molecule has 0 bridgehead atoms. The maximum atomic E-state index is 8.97. The molecule has 0 unspecified atom stereocenters. The van der Waals surface area contributed by atoms with Crippen LogP contribution in [-0.4, -0.2) is 5.11 Å². The molecule has 54 valence electrons. The van der Waals surface area contributed by atoms with Crippen molar-refractivity contribution in [3.8, 4) is 0 Å². The topological polar surface area (TPSA) is 20.2 Å². The largest absolute Gasteiger partial charge is 0.392 e. The summed E-state index contributed by atoms with van der Waals surface area (Å²) < 4.78 is 14.0. The van der Waals surface area contributed by atoms with Gasteiger partial charge in [-0.05, 0) is 17.7 Å². The van der Waals surface area contributed by atoms with E-state index < -0.39 is 6.56 Å². The highest BCUT2D eigenvalue weighted by atomic mass is 35.5. The average Bonchev–Trinajstić information content (AvgIpc) is 1.83. The molecule has 0 aliphatic heterocycles. The van der Waals surface area contributed by atoms with E-state index in [-0.39, 0.29) is 10.6 Å². The van der Waals surface area contributed by atoms with Crippen molar-refractivity contribution in [2.24, 2.45) is 0 Å². The SMILES string of the molecule is [2H]C([2H])(O)c1ccc(Cl)cc1Cl. The summed E-state index contributed by atoms with van der Waals surface area (Å²) in [4.78, 5) is 0. The van der Waals surface area contributed by atoms with Crippen molar-refractivity contribution in [1.82, 2.24) is 0 Å². The molecule has 1 rings (SSSR count). The zero-order chi connectivity index (χ0) is 9.35. The Hall–Kier alpha value is -0.240. The highest BCUT2D eigenvalue weighted by Gasteiger charge is 1.97. The molecule has 0 aliphatic carbocycles. The molecule has 0 amide bonds. The van der Waals surface area contributed by atoms with Gasteiger partial charge < -0.3 is 5.11 Å². The van der Waals surface area contributed by atoms with E-state index in [1.54, 1.807) is 0 Å². The standard InChI is InChI=1S/C7H6Cl2O/c8-6-2-1-5(4-10)7(9)3-6/h1-3,10H,4H2/i4D2. The Morgan fingerprint density at radius 2 is 2.20 bits per heavy atom. The Kier molecular flexibility index (Phi) is 1.75. The Morgan fingerprint density at radius 3 is 2.70 bits per heavy atom. The van der Waals surface area contributed by atoms with Gasteiger partial charge >= 0.3 is 0 Å². The predicted molar refractivity (Wildman–Crippen MR) is 42.4 cm³/mol. The zero-order valence-electron chi connectivity index (χ0n) is 6.94. The van der Waals surface area contributed by atoms with E-state index >= 15 is 0 Å². The van der Waals surface area contributed by atoms with Crippen molar-refractivity contribution in [2.45, 2.75) is 6.56 Å². The van der Waals surface area contributed by atoms with E-state index in [0.717, 1.165) is 0 Å². The minimum absolute atomic E-state index is 0.0218. The van der Waals surface area contributed by atoms with Crippen molar-refractivity contribution in [2.75, 3.05) is 0 Å². The third-order valence-electron chi connectivity index (χ3n) is 1.05. The molecular formula is C7H6Cl2O. The first-order chi connectivity index (χ1) is 5.41. The van der Waals surface area contributed by atoms with Gasteiger partial charge in [0.2, 0.25) is 0 Å². The molecule has 0 saturated carbocycles. The van der Waals surface area contributed by atoms with Crippen molar-refractivity contribution in [1.29, 1.82) is 0 Å². The first-order valence-corrected chi connectivity index (χ1v) is 3.35. The number of hydrogen-bond acceptors (Lipinski definition) is 1. The molecule has 1 aromatic carbocycles. The summed E-state index contributed by atoms with van der Waals surface area (Å²) in [5.74, 6) is 0. The Morgan fingerprint density at radius 1 is 1.50 bits per heavy atom. The number of hydrogen-bond donors (Lipinski definition) is 1. The van der Waals surface area contributed by atoms with Gasteiger partial charge in [0.25, 0.3) is 0 Å². The summed E-state index contributed by atoms with van der Waals surface area (Å²) in [6.45, 7) is -2.42. The second-order valence-corrected chi connectivity index (χ2v) is 2.58. The molecule has 10 heavy (non-hydrogen) atoms. The molecule has 0 fully saturated rings. The Balaban J connectivity index is 3.19. The van der Waals surface area contributed by atoms with Crippen LogP contribution in [0.3, 0.4) is 0 Å². The molecule has 1 nitrogen and oxygen atoms in total. The minimum atomic E-state index is -2.42. The molecule has 0 heterocycles. The number of benzene rings is 1. The van der Waals surface area contributed by atoms with E-state index in [2.05, 4.69) is 0 Å². The van der Waals surface area contributed by atoms with Crippen LogP contribution in [-0.2, 0) is 6.56 Å². The van der Waals surface area contributed by atoms with Gasteiger partial charge in [-0.15, -0.1) is 0 Å². The minimum Gasteiger partial charge on any atom is -0.392 e. The second kappa shape index (κ2) is 3.24. The molecular weight excluding hydrogens is 171 g/mol. The normalized spacial score (nSPS) is 14.3. The lowest BCUT2D eigenvalue weighted by Crippen LogP contribution is -1.82. The summed E-state index contributed by atoms with van der Waals surface area (Å²) in [6.07, 6.45) is 0. The van der Waals surface area contributed by atoms with Crippen LogP contribution >= 0.6 is 23.2 Å². The fraction of sp³-hybridized carbons (Fsp3) is 0.143. The summed E-state index contributed by atoms with van der Waals surface area (Å²) in [7, 11) is 0. The second-order valence-electron chi connectivity index (χ2n) is 1.74. The lowest BCUT2D eigenvalue weighted by atomic mass is 10.2. The summed E-state index contributed by atoms with van der Waals surface area (Å²) in [5, 5.41) is 9.50. The third kappa shape index (κ3) is 1.63. The van der Waals surface area contributed by atoms with Crippen molar-refractivity contribution in [3.63, 3.8) is 0 Å². The van der Waals surface area contributed by atoms with Gasteiger partial charge in [0.05, 0.1) is 9.30 Å². The number of rotatable bonds is 1. The number of aliphatic hydroxyl groups is 1. The van der Waals surface area contributed by atoms with E-state index in [4.69, 9.17) is 31.0 Å². The van der Waals surface area contributed by atoms with E-state index in [9.17, 15) is 0 Å². The van der Waals surface area contributed by atoms with Crippen molar-refractivity contribution in [3.05, 3.63) is 33.8 Å². The van der Waals surface area contributed by atoms with Crippen molar-refractivity contribution >= 4 is 23.2 Å². The molecule has 1 aromatic rings. The molecule has 1 N–H and O–H groups in total. The first kappa shape index (κ1) is 5.42. The fourth-order valence-electron chi connectivity index (χ4n) is 0.580.